The lowest BCUT2D eigenvalue weighted by atomic mass is 10.1. The zero-order valence-electron chi connectivity index (χ0n) is 7.91. The highest BCUT2D eigenvalue weighted by molar-refractivity contribution is 5.02. The summed E-state index contributed by atoms with van der Waals surface area (Å²) in [4.78, 5) is 4.30. The van der Waals surface area contributed by atoms with Gasteiger partial charge in [-0.05, 0) is 33.6 Å². The second kappa shape index (κ2) is 2.31. The van der Waals surface area contributed by atoms with Crippen LogP contribution >= 0.6 is 0 Å². The van der Waals surface area contributed by atoms with Crippen LogP contribution in [0.5, 0.6) is 0 Å². The Morgan fingerprint density at radius 2 is 2.08 bits per heavy atom. The molecule has 0 N–H and O–H groups in total. The Morgan fingerprint density at radius 1 is 1.42 bits per heavy atom. The van der Waals surface area contributed by atoms with E-state index in [4.69, 9.17) is 0 Å². The number of aromatic nitrogens is 3. The molecule has 0 saturated heterocycles. The first-order valence-corrected chi connectivity index (χ1v) is 4.49. The monoisotopic (exact) mass is 165 g/mol. The molecule has 0 spiro atoms. The second-order valence-corrected chi connectivity index (χ2v) is 4.49. The van der Waals surface area contributed by atoms with Crippen molar-refractivity contribution in [3.05, 3.63) is 12.2 Å². The van der Waals surface area contributed by atoms with Gasteiger partial charge in [-0.15, -0.1) is 0 Å². The Bertz CT molecular complexity index is 278. The molecule has 1 aliphatic carbocycles. The maximum Gasteiger partial charge on any atom is 0.153 e. The predicted molar refractivity (Wildman–Crippen MR) is 47.0 cm³/mol. The van der Waals surface area contributed by atoms with Crippen LogP contribution in [0.2, 0.25) is 0 Å². The van der Waals surface area contributed by atoms with Crippen molar-refractivity contribution in [2.75, 3.05) is 0 Å². The molecule has 66 valence electrons. The van der Waals surface area contributed by atoms with Gasteiger partial charge in [0.25, 0.3) is 0 Å². The molecule has 0 radical (unpaired) electrons. The number of hydrogen-bond acceptors (Lipinski definition) is 2. The van der Waals surface area contributed by atoms with Crippen LogP contribution in [0.25, 0.3) is 0 Å². The zero-order chi connectivity index (χ0) is 8.77. The third-order valence-electron chi connectivity index (χ3n) is 2.14. The fourth-order valence-electron chi connectivity index (χ4n) is 1.13. The lowest BCUT2D eigenvalue weighted by Gasteiger charge is -2.17. The second-order valence-electron chi connectivity index (χ2n) is 4.49. The van der Waals surface area contributed by atoms with E-state index in [1.165, 1.54) is 12.8 Å². The van der Waals surface area contributed by atoms with E-state index in [0.717, 1.165) is 5.82 Å². The van der Waals surface area contributed by atoms with E-state index >= 15 is 0 Å². The van der Waals surface area contributed by atoms with Crippen molar-refractivity contribution < 1.29 is 0 Å². The largest absolute Gasteiger partial charge is 0.247 e. The Labute approximate surface area is 72.8 Å². The van der Waals surface area contributed by atoms with Crippen molar-refractivity contribution in [2.45, 2.75) is 45.1 Å². The summed E-state index contributed by atoms with van der Waals surface area (Å²) in [5, 5.41) is 4.45. The molecule has 2 rings (SSSR count). The Kier molecular flexibility index (Phi) is 1.50. The third kappa shape index (κ3) is 1.36. The topological polar surface area (TPSA) is 30.7 Å². The van der Waals surface area contributed by atoms with Gasteiger partial charge in [0.1, 0.15) is 6.33 Å². The molecule has 0 amide bonds. The maximum absolute atomic E-state index is 4.45. The van der Waals surface area contributed by atoms with Crippen LogP contribution in [0, 0.1) is 0 Å². The van der Waals surface area contributed by atoms with E-state index in [-0.39, 0.29) is 5.54 Å². The predicted octanol–water partition coefficient (Wildman–Crippen LogP) is 1.91. The van der Waals surface area contributed by atoms with Crippen LogP contribution < -0.4 is 0 Å². The standard InChI is InChI=1S/C9H15N3/c1-9(2,3)12-6-10-8(11-12)7-4-5-7/h6-7H,4-5H2,1-3H3. The first-order chi connectivity index (χ1) is 5.57. The number of rotatable bonds is 1. The first-order valence-electron chi connectivity index (χ1n) is 4.49. The van der Waals surface area contributed by atoms with Gasteiger partial charge in [-0.1, -0.05) is 0 Å². The molecule has 12 heavy (non-hydrogen) atoms. The van der Waals surface area contributed by atoms with E-state index in [0.29, 0.717) is 5.92 Å². The van der Waals surface area contributed by atoms with Crippen molar-refractivity contribution in [3.8, 4) is 0 Å². The van der Waals surface area contributed by atoms with Gasteiger partial charge in [0.2, 0.25) is 0 Å². The fourth-order valence-corrected chi connectivity index (χ4v) is 1.13. The van der Waals surface area contributed by atoms with Crippen molar-refractivity contribution in [3.63, 3.8) is 0 Å². The van der Waals surface area contributed by atoms with Crippen molar-refractivity contribution >= 4 is 0 Å². The van der Waals surface area contributed by atoms with Crippen LogP contribution in [0.4, 0.5) is 0 Å². The summed E-state index contributed by atoms with van der Waals surface area (Å²) < 4.78 is 1.95. The highest BCUT2D eigenvalue weighted by Gasteiger charge is 2.28. The van der Waals surface area contributed by atoms with E-state index < -0.39 is 0 Å². The smallest absolute Gasteiger partial charge is 0.153 e. The van der Waals surface area contributed by atoms with Gasteiger partial charge < -0.3 is 0 Å². The van der Waals surface area contributed by atoms with Crippen LogP contribution in [-0.4, -0.2) is 14.8 Å². The molecule has 1 heterocycles. The van der Waals surface area contributed by atoms with E-state index in [9.17, 15) is 0 Å². The fraction of sp³-hybridized carbons (Fsp3) is 0.778. The van der Waals surface area contributed by atoms with Gasteiger partial charge in [0, 0.05) is 5.92 Å². The van der Waals surface area contributed by atoms with Gasteiger partial charge >= 0.3 is 0 Å². The van der Waals surface area contributed by atoms with Gasteiger partial charge in [-0.2, -0.15) is 5.10 Å². The Morgan fingerprint density at radius 3 is 2.50 bits per heavy atom. The molecule has 1 aromatic heterocycles. The summed E-state index contributed by atoms with van der Waals surface area (Å²) in [6.45, 7) is 6.41. The van der Waals surface area contributed by atoms with Gasteiger partial charge in [-0.3, -0.25) is 0 Å². The quantitative estimate of drug-likeness (QED) is 0.636. The van der Waals surface area contributed by atoms with E-state index in [2.05, 4.69) is 30.9 Å². The van der Waals surface area contributed by atoms with E-state index in [1.54, 1.807) is 0 Å². The molecule has 3 nitrogen and oxygen atoms in total. The minimum Gasteiger partial charge on any atom is -0.247 e. The summed E-state index contributed by atoms with van der Waals surface area (Å²) in [5.74, 6) is 1.69. The van der Waals surface area contributed by atoms with Crippen molar-refractivity contribution in [1.82, 2.24) is 14.8 Å². The molecule has 1 aromatic rings. The maximum atomic E-state index is 4.45. The van der Waals surface area contributed by atoms with Crippen LogP contribution in [0.1, 0.15) is 45.4 Å². The summed E-state index contributed by atoms with van der Waals surface area (Å²) in [7, 11) is 0. The molecule has 0 atom stereocenters. The minimum atomic E-state index is 0.0696. The molecule has 1 saturated carbocycles. The molecule has 0 bridgehead atoms. The Balaban J connectivity index is 2.23. The Hall–Kier alpha value is -0.860. The van der Waals surface area contributed by atoms with Crippen LogP contribution in [0.3, 0.4) is 0 Å². The summed E-state index contributed by atoms with van der Waals surface area (Å²) in [5.41, 5.74) is 0.0696. The zero-order valence-corrected chi connectivity index (χ0v) is 7.91. The normalized spacial score (nSPS) is 18.2. The lowest BCUT2D eigenvalue weighted by Crippen LogP contribution is -2.22. The van der Waals surface area contributed by atoms with Crippen molar-refractivity contribution in [2.24, 2.45) is 0 Å². The molecule has 0 aliphatic heterocycles. The molecular formula is C9H15N3. The van der Waals surface area contributed by atoms with Crippen molar-refractivity contribution in [1.29, 1.82) is 0 Å². The van der Waals surface area contributed by atoms with Gasteiger partial charge in [-0.25, -0.2) is 9.67 Å². The SMILES string of the molecule is CC(C)(C)n1cnc(C2CC2)n1. The van der Waals surface area contributed by atoms with Crippen LogP contribution in [-0.2, 0) is 5.54 Å². The highest BCUT2D eigenvalue weighted by Crippen LogP contribution is 2.37. The third-order valence-corrected chi connectivity index (χ3v) is 2.14. The van der Waals surface area contributed by atoms with Gasteiger partial charge in [0.05, 0.1) is 5.54 Å². The average Bonchev–Trinajstić information content (AvgIpc) is 2.66. The molecule has 0 aromatic carbocycles. The highest BCUT2D eigenvalue weighted by atomic mass is 15.4. The lowest BCUT2D eigenvalue weighted by molar-refractivity contribution is 0.352. The average molecular weight is 165 g/mol. The first kappa shape index (κ1) is 7.77. The molecule has 1 fully saturated rings. The summed E-state index contributed by atoms with van der Waals surface area (Å²) >= 11 is 0. The molecule has 1 aliphatic rings. The van der Waals surface area contributed by atoms with E-state index in [1.807, 2.05) is 11.0 Å². The minimum absolute atomic E-state index is 0.0696. The molecule has 0 unspecified atom stereocenters. The molecule has 3 heteroatoms. The summed E-state index contributed by atoms with van der Waals surface area (Å²) in [6.07, 6.45) is 4.38. The van der Waals surface area contributed by atoms with Crippen LogP contribution in [0.15, 0.2) is 6.33 Å². The van der Waals surface area contributed by atoms with Gasteiger partial charge in [0.15, 0.2) is 5.82 Å². The molecular weight excluding hydrogens is 150 g/mol. The number of hydrogen-bond donors (Lipinski definition) is 0. The summed E-state index contributed by atoms with van der Waals surface area (Å²) in [6, 6.07) is 0. The number of nitrogens with zero attached hydrogens (tertiary/aromatic N) is 3.